The first-order valence-corrected chi connectivity index (χ1v) is 7.53. The van der Waals surface area contributed by atoms with Gasteiger partial charge in [0.2, 0.25) is 0 Å². The minimum atomic E-state index is -0.792. The van der Waals surface area contributed by atoms with Gasteiger partial charge in [-0.05, 0) is 52.9 Å². The maximum Gasteiger partial charge on any atom is 0.306 e. The van der Waals surface area contributed by atoms with Gasteiger partial charge in [-0.2, -0.15) is 0 Å². The normalized spacial score (nSPS) is 15.0. The van der Waals surface area contributed by atoms with E-state index in [0.29, 0.717) is 31.6 Å². The van der Waals surface area contributed by atoms with Gasteiger partial charge in [-0.1, -0.05) is 6.92 Å². The Labute approximate surface area is 126 Å². The van der Waals surface area contributed by atoms with Gasteiger partial charge in [-0.15, -0.1) is 0 Å². The highest BCUT2D eigenvalue weighted by Gasteiger charge is 2.22. The van der Waals surface area contributed by atoms with Crippen molar-refractivity contribution >= 4 is 27.7 Å². The highest BCUT2D eigenvalue weighted by atomic mass is 79.9. The molecule has 108 valence electrons. The number of halogens is 1. The molecular weight excluding hydrogens is 324 g/mol. The molecule has 4 nitrogen and oxygen atoms in total. The fourth-order valence-electron chi connectivity index (χ4n) is 2.37. The number of carbonyl (C=O) groups excluding carboxylic acids is 1. The van der Waals surface area contributed by atoms with Crippen LogP contribution >= 0.6 is 15.9 Å². The number of carbonyl (C=O) groups is 2. The summed E-state index contributed by atoms with van der Waals surface area (Å²) in [5.41, 5.74) is 1.78. The van der Waals surface area contributed by atoms with Gasteiger partial charge >= 0.3 is 5.97 Å². The third-order valence-corrected chi connectivity index (χ3v) is 4.27. The van der Waals surface area contributed by atoms with Gasteiger partial charge < -0.3 is 9.84 Å². The summed E-state index contributed by atoms with van der Waals surface area (Å²) in [4.78, 5) is 22.6. The van der Waals surface area contributed by atoms with E-state index in [-0.39, 0.29) is 11.7 Å². The van der Waals surface area contributed by atoms with Crippen LogP contribution in [-0.2, 0) is 11.2 Å². The zero-order valence-corrected chi connectivity index (χ0v) is 12.9. The predicted octanol–water partition coefficient (Wildman–Crippen LogP) is 3.46. The molecule has 0 heterocycles. The van der Waals surface area contributed by atoms with Crippen LogP contribution in [0.4, 0.5) is 0 Å². The van der Waals surface area contributed by atoms with Crippen LogP contribution in [-0.4, -0.2) is 23.5 Å². The molecule has 0 fully saturated rings. The standard InChI is InChI=1S/C15H17BrO4/c1-2-9(15(18)19)5-6-20-14-8-11-10(7-12(14)16)3-4-13(11)17/h7-9H,2-6H2,1H3,(H,18,19). The summed E-state index contributed by atoms with van der Waals surface area (Å²) < 4.78 is 6.44. The molecule has 1 aromatic rings. The second-order valence-electron chi connectivity index (χ2n) is 4.94. The van der Waals surface area contributed by atoms with Crippen molar-refractivity contribution in [3.63, 3.8) is 0 Å². The van der Waals surface area contributed by atoms with Gasteiger partial charge in [-0.25, -0.2) is 0 Å². The number of ether oxygens (including phenoxy) is 1. The summed E-state index contributed by atoms with van der Waals surface area (Å²) in [6.45, 7) is 2.18. The molecule has 2 rings (SSSR count). The Hall–Kier alpha value is -1.36. The number of hydrogen-bond donors (Lipinski definition) is 1. The van der Waals surface area contributed by atoms with E-state index in [9.17, 15) is 9.59 Å². The second-order valence-corrected chi connectivity index (χ2v) is 5.80. The number of rotatable bonds is 6. The number of carboxylic acids is 1. The van der Waals surface area contributed by atoms with Crippen molar-refractivity contribution in [3.05, 3.63) is 27.7 Å². The van der Waals surface area contributed by atoms with Gasteiger partial charge in [0.05, 0.1) is 17.0 Å². The molecule has 1 aliphatic rings. The van der Waals surface area contributed by atoms with Gasteiger partial charge in [0.1, 0.15) is 5.75 Å². The van der Waals surface area contributed by atoms with E-state index in [4.69, 9.17) is 9.84 Å². The molecule has 0 amide bonds. The van der Waals surface area contributed by atoms with E-state index < -0.39 is 5.97 Å². The fourth-order valence-corrected chi connectivity index (χ4v) is 2.87. The Balaban J connectivity index is 2.02. The van der Waals surface area contributed by atoms with E-state index in [1.54, 1.807) is 6.07 Å². The summed E-state index contributed by atoms with van der Waals surface area (Å²) in [6, 6.07) is 3.68. The zero-order valence-electron chi connectivity index (χ0n) is 11.3. The minimum absolute atomic E-state index is 0.148. The summed E-state index contributed by atoms with van der Waals surface area (Å²) in [7, 11) is 0. The van der Waals surface area contributed by atoms with Crippen LogP contribution in [0.25, 0.3) is 0 Å². The Morgan fingerprint density at radius 1 is 1.45 bits per heavy atom. The lowest BCUT2D eigenvalue weighted by Crippen LogP contribution is -2.16. The highest BCUT2D eigenvalue weighted by molar-refractivity contribution is 9.10. The minimum Gasteiger partial charge on any atom is -0.492 e. The predicted molar refractivity (Wildman–Crippen MR) is 78.3 cm³/mol. The summed E-state index contributed by atoms with van der Waals surface area (Å²) in [5, 5.41) is 8.98. The zero-order chi connectivity index (χ0) is 14.7. The quantitative estimate of drug-likeness (QED) is 0.861. The van der Waals surface area contributed by atoms with Crippen LogP contribution in [0.15, 0.2) is 16.6 Å². The molecule has 0 spiro atoms. The van der Waals surface area contributed by atoms with Crippen molar-refractivity contribution in [2.45, 2.75) is 32.6 Å². The monoisotopic (exact) mass is 340 g/mol. The van der Waals surface area contributed by atoms with Crippen LogP contribution < -0.4 is 4.74 Å². The molecular formula is C15H17BrO4. The Morgan fingerprint density at radius 3 is 2.85 bits per heavy atom. The topological polar surface area (TPSA) is 63.6 Å². The van der Waals surface area contributed by atoms with Gasteiger partial charge in [0, 0.05) is 12.0 Å². The molecule has 0 saturated heterocycles. The van der Waals surface area contributed by atoms with Crippen LogP contribution in [0.5, 0.6) is 5.75 Å². The van der Waals surface area contributed by atoms with Crippen molar-refractivity contribution in [1.29, 1.82) is 0 Å². The highest BCUT2D eigenvalue weighted by Crippen LogP contribution is 2.33. The number of aryl methyl sites for hydroxylation is 1. The smallest absolute Gasteiger partial charge is 0.306 e. The molecule has 0 aromatic heterocycles. The van der Waals surface area contributed by atoms with Crippen LogP contribution in [0.3, 0.4) is 0 Å². The Kier molecular flexibility index (Phi) is 4.81. The average Bonchev–Trinajstić information content (AvgIpc) is 2.75. The van der Waals surface area contributed by atoms with E-state index in [2.05, 4.69) is 15.9 Å². The number of fused-ring (bicyclic) bond motifs is 1. The molecule has 5 heteroatoms. The molecule has 0 bridgehead atoms. The summed E-state index contributed by atoms with van der Waals surface area (Å²) >= 11 is 3.43. The second kappa shape index (κ2) is 6.39. The summed E-state index contributed by atoms with van der Waals surface area (Å²) in [6.07, 6.45) is 2.39. The lowest BCUT2D eigenvalue weighted by molar-refractivity contribution is -0.142. The number of carboxylic acid groups (broad SMARTS) is 1. The number of benzene rings is 1. The number of aliphatic carboxylic acids is 1. The molecule has 0 saturated carbocycles. The third kappa shape index (κ3) is 3.20. The Bertz CT molecular complexity index is 539. The van der Waals surface area contributed by atoms with Crippen molar-refractivity contribution in [2.24, 2.45) is 5.92 Å². The first-order chi connectivity index (χ1) is 9.52. The third-order valence-electron chi connectivity index (χ3n) is 3.65. The fraction of sp³-hybridized carbons (Fsp3) is 0.467. The molecule has 1 aromatic carbocycles. The van der Waals surface area contributed by atoms with Crippen LogP contribution in [0.2, 0.25) is 0 Å². The van der Waals surface area contributed by atoms with Crippen molar-refractivity contribution in [1.82, 2.24) is 0 Å². The average molecular weight is 341 g/mol. The summed E-state index contributed by atoms with van der Waals surface area (Å²) in [5.74, 6) is -0.419. The van der Waals surface area contributed by atoms with Crippen molar-refractivity contribution in [2.75, 3.05) is 6.61 Å². The number of Topliss-reactive ketones (excluding diaryl/α,β-unsaturated/α-hetero) is 1. The molecule has 1 unspecified atom stereocenters. The SMILES string of the molecule is CCC(CCOc1cc2c(cc1Br)CCC2=O)C(=O)O. The molecule has 20 heavy (non-hydrogen) atoms. The van der Waals surface area contributed by atoms with Crippen molar-refractivity contribution in [3.8, 4) is 5.75 Å². The lowest BCUT2D eigenvalue weighted by atomic mass is 10.0. The molecule has 0 radical (unpaired) electrons. The molecule has 1 N–H and O–H groups in total. The molecule has 1 aliphatic carbocycles. The van der Waals surface area contributed by atoms with Crippen molar-refractivity contribution < 1.29 is 19.4 Å². The van der Waals surface area contributed by atoms with Crippen LogP contribution in [0, 0.1) is 5.92 Å². The number of hydrogen-bond acceptors (Lipinski definition) is 3. The van der Waals surface area contributed by atoms with E-state index in [1.807, 2.05) is 13.0 Å². The molecule has 1 atom stereocenters. The Morgan fingerprint density at radius 2 is 2.20 bits per heavy atom. The van der Waals surface area contributed by atoms with Crippen LogP contribution in [0.1, 0.15) is 42.1 Å². The first-order valence-electron chi connectivity index (χ1n) is 6.74. The van der Waals surface area contributed by atoms with Gasteiger partial charge in [0.15, 0.2) is 5.78 Å². The first kappa shape index (κ1) is 15.0. The molecule has 0 aliphatic heterocycles. The van der Waals surface area contributed by atoms with E-state index >= 15 is 0 Å². The maximum absolute atomic E-state index is 11.7. The maximum atomic E-state index is 11.7. The van der Waals surface area contributed by atoms with E-state index in [1.165, 1.54) is 0 Å². The number of ketones is 1. The largest absolute Gasteiger partial charge is 0.492 e. The van der Waals surface area contributed by atoms with Gasteiger partial charge in [-0.3, -0.25) is 9.59 Å². The van der Waals surface area contributed by atoms with E-state index in [0.717, 1.165) is 22.0 Å². The van der Waals surface area contributed by atoms with Gasteiger partial charge in [0.25, 0.3) is 0 Å². The lowest BCUT2D eigenvalue weighted by Gasteiger charge is -2.13.